The second kappa shape index (κ2) is 11.7. The number of aryl methyl sites for hydroxylation is 1. The Balaban J connectivity index is 0.00000338. The number of benzene rings is 1. The van der Waals surface area contributed by atoms with Gasteiger partial charge in [-0.1, -0.05) is 41.9 Å². The summed E-state index contributed by atoms with van der Waals surface area (Å²) in [6.45, 7) is 2.73. The summed E-state index contributed by atoms with van der Waals surface area (Å²) < 4.78 is 5.41. The second-order valence-corrected chi connectivity index (χ2v) is 6.69. The fourth-order valence-electron chi connectivity index (χ4n) is 2.67. The van der Waals surface area contributed by atoms with Crippen molar-refractivity contribution >= 4 is 18.3 Å². The predicted octanol–water partition coefficient (Wildman–Crippen LogP) is 4.06. The van der Waals surface area contributed by atoms with Crippen molar-refractivity contribution < 1.29 is 9.32 Å². The van der Waals surface area contributed by atoms with Crippen LogP contribution in [0.1, 0.15) is 44.8 Å². The molecule has 0 saturated heterocycles. The Kier molecular flexibility index (Phi) is 9.99. The van der Waals surface area contributed by atoms with Crippen molar-refractivity contribution in [3.05, 3.63) is 42.2 Å². The SMILES string of the molecule is CC(N)CCC(=O)N(C)CCCCCc1cc(-c2ccccc2)no1.Cl. The van der Waals surface area contributed by atoms with Crippen molar-refractivity contribution in [1.29, 1.82) is 0 Å². The van der Waals surface area contributed by atoms with Gasteiger partial charge in [0.05, 0.1) is 0 Å². The van der Waals surface area contributed by atoms with Crippen LogP contribution in [0.5, 0.6) is 0 Å². The van der Waals surface area contributed by atoms with Crippen LogP contribution in [-0.4, -0.2) is 35.6 Å². The van der Waals surface area contributed by atoms with Crippen LogP contribution in [0.3, 0.4) is 0 Å². The minimum Gasteiger partial charge on any atom is -0.361 e. The van der Waals surface area contributed by atoms with E-state index < -0.39 is 0 Å². The molecule has 144 valence electrons. The van der Waals surface area contributed by atoms with E-state index in [4.69, 9.17) is 10.3 Å². The number of aromatic nitrogens is 1. The average molecular weight is 380 g/mol. The third kappa shape index (κ3) is 7.58. The summed E-state index contributed by atoms with van der Waals surface area (Å²) in [5.41, 5.74) is 7.65. The summed E-state index contributed by atoms with van der Waals surface area (Å²) in [5, 5.41) is 4.13. The second-order valence-electron chi connectivity index (χ2n) is 6.69. The summed E-state index contributed by atoms with van der Waals surface area (Å²) in [6.07, 6.45) is 5.26. The Labute approximate surface area is 162 Å². The van der Waals surface area contributed by atoms with Crippen LogP contribution < -0.4 is 5.73 Å². The molecule has 1 amide bonds. The normalized spacial score (nSPS) is 11.7. The summed E-state index contributed by atoms with van der Waals surface area (Å²) in [4.78, 5) is 13.7. The lowest BCUT2D eigenvalue weighted by Gasteiger charge is -2.17. The van der Waals surface area contributed by atoms with Gasteiger partial charge in [-0.05, 0) is 26.2 Å². The van der Waals surface area contributed by atoms with E-state index in [9.17, 15) is 4.79 Å². The van der Waals surface area contributed by atoms with Gasteiger partial charge in [-0.25, -0.2) is 0 Å². The molecule has 26 heavy (non-hydrogen) atoms. The Bertz CT molecular complexity index is 644. The molecule has 6 heteroatoms. The van der Waals surface area contributed by atoms with Gasteiger partial charge in [-0.3, -0.25) is 4.79 Å². The molecule has 0 fully saturated rings. The van der Waals surface area contributed by atoms with Crippen LogP contribution in [-0.2, 0) is 11.2 Å². The fraction of sp³-hybridized carbons (Fsp3) is 0.500. The Morgan fingerprint density at radius 2 is 1.96 bits per heavy atom. The zero-order valence-corrected chi connectivity index (χ0v) is 16.5. The monoisotopic (exact) mass is 379 g/mol. The largest absolute Gasteiger partial charge is 0.361 e. The number of halogens is 1. The lowest BCUT2D eigenvalue weighted by atomic mass is 10.1. The highest BCUT2D eigenvalue weighted by atomic mass is 35.5. The maximum Gasteiger partial charge on any atom is 0.222 e. The molecule has 2 rings (SSSR count). The quantitative estimate of drug-likeness (QED) is 0.632. The van der Waals surface area contributed by atoms with E-state index in [-0.39, 0.29) is 24.4 Å². The third-order valence-corrected chi connectivity index (χ3v) is 4.28. The predicted molar refractivity (Wildman–Crippen MR) is 107 cm³/mol. The van der Waals surface area contributed by atoms with Crippen LogP contribution in [0.4, 0.5) is 0 Å². The van der Waals surface area contributed by atoms with Crippen molar-refractivity contribution in [3.63, 3.8) is 0 Å². The molecule has 0 radical (unpaired) electrons. The maximum atomic E-state index is 11.9. The van der Waals surface area contributed by atoms with E-state index in [1.807, 2.05) is 55.3 Å². The van der Waals surface area contributed by atoms with Crippen molar-refractivity contribution in [3.8, 4) is 11.3 Å². The number of unbranched alkanes of at least 4 members (excludes halogenated alkanes) is 2. The van der Waals surface area contributed by atoms with Gasteiger partial charge in [0.15, 0.2) is 0 Å². The zero-order valence-electron chi connectivity index (χ0n) is 15.7. The van der Waals surface area contributed by atoms with Gasteiger partial charge in [-0.2, -0.15) is 0 Å². The number of hydrogen-bond acceptors (Lipinski definition) is 4. The molecule has 0 saturated carbocycles. The minimum atomic E-state index is 0. The smallest absolute Gasteiger partial charge is 0.222 e. The molecule has 1 unspecified atom stereocenters. The van der Waals surface area contributed by atoms with Crippen molar-refractivity contribution in [1.82, 2.24) is 10.1 Å². The number of carbonyl (C=O) groups is 1. The van der Waals surface area contributed by atoms with E-state index in [1.165, 1.54) is 0 Å². The Hall–Kier alpha value is -1.85. The zero-order chi connectivity index (χ0) is 18.1. The molecule has 5 nitrogen and oxygen atoms in total. The molecule has 1 atom stereocenters. The third-order valence-electron chi connectivity index (χ3n) is 4.28. The standard InChI is InChI=1S/C20H29N3O2.ClH/c1-16(21)12-13-20(24)23(2)14-8-4-7-11-18-15-19(22-25-18)17-9-5-3-6-10-17;/h3,5-6,9-10,15-16H,4,7-8,11-14,21H2,1-2H3;1H. The highest BCUT2D eigenvalue weighted by Crippen LogP contribution is 2.19. The maximum absolute atomic E-state index is 11.9. The van der Waals surface area contributed by atoms with E-state index in [0.29, 0.717) is 6.42 Å². The fourth-order valence-corrected chi connectivity index (χ4v) is 2.67. The topological polar surface area (TPSA) is 72.4 Å². The number of nitrogens with two attached hydrogens (primary N) is 1. The van der Waals surface area contributed by atoms with E-state index in [0.717, 1.165) is 55.7 Å². The molecular weight excluding hydrogens is 350 g/mol. The lowest BCUT2D eigenvalue weighted by Crippen LogP contribution is -2.29. The summed E-state index contributed by atoms with van der Waals surface area (Å²) in [7, 11) is 1.87. The highest BCUT2D eigenvalue weighted by molar-refractivity contribution is 5.85. The van der Waals surface area contributed by atoms with E-state index in [1.54, 1.807) is 0 Å². The molecular formula is C20H30ClN3O2. The molecule has 0 spiro atoms. The minimum absolute atomic E-state index is 0. The molecule has 1 aromatic heterocycles. The van der Waals surface area contributed by atoms with E-state index >= 15 is 0 Å². The molecule has 1 aromatic carbocycles. The van der Waals surface area contributed by atoms with Crippen molar-refractivity contribution in [2.45, 2.75) is 51.5 Å². The first-order valence-electron chi connectivity index (χ1n) is 9.07. The van der Waals surface area contributed by atoms with Gasteiger partial charge in [0.25, 0.3) is 0 Å². The number of nitrogens with zero attached hydrogens (tertiary/aromatic N) is 2. The molecule has 0 aliphatic carbocycles. The van der Waals surface area contributed by atoms with E-state index in [2.05, 4.69) is 5.16 Å². The Morgan fingerprint density at radius 1 is 1.23 bits per heavy atom. The van der Waals surface area contributed by atoms with Gasteiger partial charge in [0.2, 0.25) is 5.91 Å². The Morgan fingerprint density at radius 3 is 2.65 bits per heavy atom. The molecule has 0 aliphatic rings. The van der Waals surface area contributed by atoms with Gasteiger partial charge in [0.1, 0.15) is 11.5 Å². The number of carbonyl (C=O) groups excluding carboxylic acids is 1. The van der Waals surface area contributed by atoms with Gasteiger partial charge in [-0.15, -0.1) is 12.4 Å². The summed E-state index contributed by atoms with van der Waals surface area (Å²) >= 11 is 0. The average Bonchev–Trinajstić information content (AvgIpc) is 3.08. The summed E-state index contributed by atoms with van der Waals surface area (Å²) in [5.74, 6) is 1.10. The molecule has 0 aliphatic heterocycles. The first-order valence-corrected chi connectivity index (χ1v) is 9.07. The van der Waals surface area contributed by atoms with Crippen LogP contribution >= 0.6 is 12.4 Å². The number of hydrogen-bond donors (Lipinski definition) is 1. The van der Waals surface area contributed by atoms with Crippen LogP contribution in [0, 0.1) is 0 Å². The molecule has 2 aromatic rings. The molecule has 0 bridgehead atoms. The van der Waals surface area contributed by atoms with Crippen LogP contribution in [0.25, 0.3) is 11.3 Å². The van der Waals surface area contributed by atoms with Crippen LogP contribution in [0.15, 0.2) is 40.9 Å². The highest BCUT2D eigenvalue weighted by Gasteiger charge is 2.09. The van der Waals surface area contributed by atoms with Gasteiger partial charge < -0.3 is 15.2 Å². The first kappa shape index (κ1) is 22.2. The molecule has 2 N–H and O–H groups in total. The number of rotatable bonds is 10. The first-order chi connectivity index (χ1) is 12.1. The molecule has 1 heterocycles. The lowest BCUT2D eigenvalue weighted by molar-refractivity contribution is -0.130. The van der Waals surface area contributed by atoms with Gasteiger partial charge in [0, 0.05) is 44.1 Å². The van der Waals surface area contributed by atoms with Gasteiger partial charge >= 0.3 is 0 Å². The summed E-state index contributed by atoms with van der Waals surface area (Å²) in [6, 6.07) is 12.1. The van der Waals surface area contributed by atoms with Crippen molar-refractivity contribution in [2.24, 2.45) is 5.73 Å². The van der Waals surface area contributed by atoms with Crippen molar-refractivity contribution in [2.75, 3.05) is 13.6 Å². The van der Waals surface area contributed by atoms with Crippen LogP contribution in [0.2, 0.25) is 0 Å². The number of amides is 1.